The first-order chi connectivity index (χ1) is 12.8. The van der Waals surface area contributed by atoms with Gasteiger partial charge in [-0.15, -0.1) is 0 Å². The molecule has 1 unspecified atom stereocenters. The Labute approximate surface area is 158 Å². The van der Waals surface area contributed by atoms with Crippen LogP contribution in [0.25, 0.3) is 5.69 Å². The third-order valence-electron chi connectivity index (χ3n) is 4.07. The number of thiophene rings is 1. The van der Waals surface area contributed by atoms with Crippen molar-refractivity contribution < 1.29 is 0 Å². The molecule has 0 aliphatic carbocycles. The Morgan fingerprint density at radius 3 is 2.73 bits per heavy atom. The Hall–Kier alpha value is -2.67. The molecule has 2 aromatic heterocycles. The molecule has 0 radical (unpaired) electrons. The van der Waals surface area contributed by atoms with E-state index in [2.05, 4.69) is 63.5 Å². The molecule has 2 N–H and O–H groups in total. The minimum Gasteiger partial charge on any atom is -0.357 e. The highest BCUT2D eigenvalue weighted by Gasteiger charge is 2.07. The Morgan fingerprint density at radius 2 is 2.08 bits per heavy atom. The number of guanidine groups is 1. The predicted octanol–water partition coefficient (Wildman–Crippen LogP) is 3.19. The lowest BCUT2D eigenvalue weighted by Gasteiger charge is -2.15. The minimum absolute atomic E-state index is 0.451. The van der Waals surface area contributed by atoms with Crippen LogP contribution in [0.5, 0.6) is 0 Å². The molecule has 0 spiro atoms. The summed E-state index contributed by atoms with van der Waals surface area (Å²) in [6.45, 7) is 6.62. The summed E-state index contributed by atoms with van der Waals surface area (Å²) in [6.07, 6.45) is 3.22. The van der Waals surface area contributed by atoms with Gasteiger partial charge in [0.15, 0.2) is 5.96 Å². The van der Waals surface area contributed by atoms with Crippen LogP contribution in [-0.4, -0.2) is 33.8 Å². The zero-order valence-corrected chi connectivity index (χ0v) is 15.9. The summed E-state index contributed by atoms with van der Waals surface area (Å²) < 4.78 is 1.74. The molecule has 6 nitrogen and oxygen atoms in total. The van der Waals surface area contributed by atoms with Crippen LogP contribution in [0.2, 0.25) is 0 Å². The highest BCUT2D eigenvalue weighted by molar-refractivity contribution is 7.07. The summed E-state index contributed by atoms with van der Waals surface area (Å²) >= 11 is 1.74. The fourth-order valence-corrected chi connectivity index (χ4v) is 3.31. The molecular weight excluding hydrogens is 344 g/mol. The van der Waals surface area contributed by atoms with Gasteiger partial charge in [0.2, 0.25) is 0 Å². The highest BCUT2D eigenvalue weighted by Crippen LogP contribution is 2.17. The van der Waals surface area contributed by atoms with Crippen molar-refractivity contribution in [3.05, 3.63) is 64.9 Å². The molecular formula is C19H24N6S. The fraction of sp³-hybridized carbons (Fsp3) is 0.316. The number of aromatic nitrogens is 3. The molecule has 0 amide bonds. The van der Waals surface area contributed by atoms with Crippen LogP contribution in [0.3, 0.4) is 0 Å². The van der Waals surface area contributed by atoms with Gasteiger partial charge in [0, 0.05) is 13.1 Å². The predicted molar refractivity (Wildman–Crippen MR) is 107 cm³/mol. The zero-order chi connectivity index (χ0) is 18.2. The van der Waals surface area contributed by atoms with Crippen molar-refractivity contribution in [2.75, 3.05) is 13.1 Å². The molecule has 0 aliphatic rings. The van der Waals surface area contributed by atoms with Crippen LogP contribution in [-0.2, 0) is 6.54 Å². The molecule has 1 atom stereocenters. The standard InChI is InChI=1S/C19H24N6S/c1-3-21-19(22-10-15(2)17-8-9-26-12-17)23-11-16-4-6-18(7-5-16)25-14-20-13-24-25/h4-9,12-15H,3,10-11H2,1-2H3,(H2,21,22,23). The van der Waals surface area contributed by atoms with Gasteiger partial charge >= 0.3 is 0 Å². The van der Waals surface area contributed by atoms with E-state index in [1.807, 2.05) is 12.1 Å². The van der Waals surface area contributed by atoms with E-state index in [0.29, 0.717) is 12.5 Å². The molecule has 3 aromatic rings. The number of hydrogen-bond donors (Lipinski definition) is 2. The summed E-state index contributed by atoms with van der Waals surface area (Å²) in [5.74, 6) is 1.29. The maximum atomic E-state index is 4.69. The monoisotopic (exact) mass is 368 g/mol. The zero-order valence-electron chi connectivity index (χ0n) is 15.1. The van der Waals surface area contributed by atoms with Gasteiger partial charge in [-0.25, -0.2) is 14.7 Å². The molecule has 0 fully saturated rings. The van der Waals surface area contributed by atoms with Crippen molar-refractivity contribution >= 4 is 17.3 Å². The topological polar surface area (TPSA) is 67.1 Å². The van der Waals surface area contributed by atoms with Crippen molar-refractivity contribution in [2.24, 2.45) is 4.99 Å². The Balaban J connectivity index is 1.58. The van der Waals surface area contributed by atoms with Crippen molar-refractivity contribution in [1.29, 1.82) is 0 Å². The van der Waals surface area contributed by atoms with Crippen LogP contribution in [0.1, 0.15) is 30.9 Å². The summed E-state index contributed by atoms with van der Waals surface area (Å²) in [6, 6.07) is 10.4. The molecule has 2 heterocycles. The first-order valence-corrected chi connectivity index (χ1v) is 9.68. The Bertz CT molecular complexity index is 793. The van der Waals surface area contributed by atoms with Crippen molar-refractivity contribution in [2.45, 2.75) is 26.3 Å². The fourth-order valence-electron chi connectivity index (χ4n) is 2.53. The van der Waals surface area contributed by atoms with E-state index in [0.717, 1.165) is 30.3 Å². The van der Waals surface area contributed by atoms with Gasteiger partial charge in [0.1, 0.15) is 12.7 Å². The molecule has 0 bridgehead atoms. The number of aliphatic imine (C=N–C) groups is 1. The average molecular weight is 369 g/mol. The summed E-state index contributed by atoms with van der Waals surface area (Å²) in [5, 5.41) is 15.2. The van der Waals surface area contributed by atoms with E-state index in [9.17, 15) is 0 Å². The van der Waals surface area contributed by atoms with Gasteiger partial charge in [0.25, 0.3) is 0 Å². The van der Waals surface area contributed by atoms with Gasteiger partial charge in [0.05, 0.1) is 12.2 Å². The number of nitrogens with one attached hydrogen (secondary N) is 2. The molecule has 7 heteroatoms. The van der Waals surface area contributed by atoms with Gasteiger partial charge in [-0.05, 0) is 52.9 Å². The lowest BCUT2D eigenvalue weighted by Crippen LogP contribution is -2.39. The number of hydrogen-bond acceptors (Lipinski definition) is 4. The first kappa shape index (κ1) is 18.1. The summed E-state index contributed by atoms with van der Waals surface area (Å²) in [5.41, 5.74) is 3.50. The molecule has 136 valence electrons. The highest BCUT2D eigenvalue weighted by atomic mass is 32.1. The molecule has 3 rings (SSSR count). The van der Waals surface area contributed by atoms with Crippen LogP contribution < -0.4 is 10.6 Å². The minimum atomic E-state index is 0.451. The van der Waals surface area contributed by atoms with Crippen molar-refractivity contribution in [1.82, 2.24) is 25.4 Å². The second-order valence-corrected chi connectivity index (χ2v) is 6.82. The van der Waals surface area contributed by atoms with Crippen molar-refractivity contribution in [3.8, 4) is 5.69 Å². The number of nitrogens with zero attached hydrogens (tertiary/aromatic N) is 4. The maximum Gasteiger partial charge on any atom is 0.191 e. The largest absolute Gasteiger partial charge is 0.357 e. The van der Waals surface area contributed by atoms with E-state index >= 15 is 0 Å². The SMILES string of the molecule is CCNC(=NCc1ccc(-n2cncn2)cc1)NCC(C)c1ccsc1. The van der Waals surface area contributed by atoms with E-state index in [4.69, 9.17) is 4.99 Å². The van der Waals surface area contributed by atoms with Crippen LogP contribution in [0.4, 0.5) is 0 Å². The molecule has 1 aromatic carbocycles. The average Bonchev–Trinajstić information content (AvgIpc) is 3.38. The second-order valence-electron chi connectivity index (χ2n) is 6.04. The van der Waals surface area contributed by atoms with Gasteiger partial charge < -0.3 is 10.6 Å². The number of benzene rings is 1. The molecule has 0 saturated carbocycles. The second kappa shape index (κ2) is 9.15. The van der Waals surface area contributed by atoms with Crippen LogP contribution in [0.15, 0.2) is 58.7 Å². The summed E-state index contributed by atoms with van der Waals surface area (Å²) in [4.78, 5) is 8.66. The lowest BCUT2D eigenvalue weighted by molar-refractivity contribution is 0.701. The van der Waals surface area contributed by atoms with Crippen LogP contribution >= 0.6 is 11.3 Å². The molecule has 26 heavy (non-hydrogen) atoms. The van der Waals surface area contributed by atoms with E-state index < -0.39 is 0 Å². The normalized spacial score (nSPS) is 12.8. The van der Waals surface area contributed by atoms with Crippen molar-refractivity contribution in [3.63, 3.8) is 0 Å². The van der Waals surface area contributed by atoms with Crippen LogP contribution in [0, 0.1) is 0 Å². The maximum absolute atomic E-state index is 4.69. The third kappa shape index (κ3) is 4.92. The Morgan fingerprint density at radius 1 is 1.23 bits per heavy atom. The van der Waals surface area contributed by atoms with Gasteiger partial charge in [-0.2, -0.15) is 16.4 Å². The van der Waals surface area contributed by atoms with Gasteiger partial charge in [-0.3, -0.25) is 0 Å². The van der Waals surface area contributed by atoms with Gasteiger partial charge in [-0.1, -0.05) is 19.1 Å². The van der Waals surface area contributed by atoms with E-state index in [1.54, 1.807) is 22.3 Å². The third-order valence-corrected chi connectivity index (χ3v) is 4.77. The summed E-state index contributed by atoms with van der Waals surface area (Å²) in [7, 11) is 0. The number of rotatable bonds is 7. The van der Waals surface area contributed by atoms with E-state index in [1.165, 1.54) is 11.9 Å². The Kier molecular flexibility index (Phi) is 6.38. The lowest BCUT2D eigenvalue weighted by atomic mass is 10.1. The first-order valence-electron chi connectivity index (χ1n) is 8.74. The molecule has 0 saturated heterocycles. The van der Waals surface area contributed by atoms with E-state index in [-0.39, 0.29) is 0 Å². The molecule has 0 aliphatic heterocycles. The smallest absolute Gasteiger partial charge is 0.191 e. The quantitative estimate of drug-likeness (QED) is 0.496.